The van der Waals surface area contributed by atoms with Crippen LogP contribution in [0.4, 0.5) is 5.69 Å². The molecule has 31 heavy (non-hydrogen) atoms. The molecule has 2 aromatic carbocycles. The highest BCUT2D eigenvalue weighted by atomic mass is 35.5. The monoisotopic (exact) mass is 454 g/mol. The molecule has 0 spiro atoms. The summed E-state index contributed by atoms with van der Waals surface area (Å²) in [6.07, 6.45) is 3.10. The van der Waals surface area contributed by atoms with Gasteiger partial charge in [-0.15, -0.1) is 0 Å². The summed E-state index contributed by atoms with van der Waals surface area (Å²) in [4.78, 5) is 31.6. The number of carbonyl (C=O) groups is 2. The van der Waals surface area contributed by atoms with Crippen LogP contribution in [0, 0.1) is 0 Å². The van der Waals surface area contributed by atoms with Crippen molar-refractivity contribution in [3.63, 3.8) is 0 Å². The number of benzene rings is 2. The zero-order chi connectivity index (χ0) is 22.1. The van der Waals surface area contributed by atoms with Crippen molar-refractivity contribution in [1.29, 1.82) is 0 Å². The van der Waals surface area contributed by atoms with Gasteiger partial charge in [0.25, 0.3) is 11.7 Å². The van der Waals surface area contributed by atoms with Crippen molar-refractivity contribution in [2.24, 2.45) is 0 Å². The normalized spacial score (nSPS) is 17.8. The predicted octanol–water partition coefficient (Wildman–Crippen LogP) is 5.02. The lowest BCUT2D eigenvalue weighted by atomic mass is 9.95. The molecule has 6 nitrogen and oxygen atoms in total. The highest BCUT2D eigenvalue weighted by Gasteiger charge is 2.47. The number of para-hydroxylation sites is 2. The number of carbonyl (C=O) groups excluding carboxylic acids is 2. The number of hydrogen-bond acceptors (Lipinski definition) is 5. The van der Waals surface area contributed by atoms with Gasteiger partial charge in [-0.3, -0.25) is 19.5 Å². The molecule has 1 aliphatic rings. The molecule has 156 valence electrons. The minimum atomic E-state index is -0.895. The molecule has 0 bridgehead atoms. The number of aromatic nitrogens is 1. The number of amides is 1. The molecule has 0 radical (unpaired) electrons. The highest BCUT2D eigenvalue weighted by Crippen LogP contribution is 2.44. The standard InChI is InChI=1S/C23H16Cl2N2O4/c1-31-18-5-3-2-4-17(18)27-20(13-8-10-26-11-9-13)19(22(29)23(27)30)21(28)14-6-7-15(24)16(25)12-14/h2-12,20,28H,1H3/b21-19-. The highest BCUT2D eigenvalue weighted by molar-refractivity contribution is 6.52. The fourth-order valence-electron chi connectivity index (χ4n) is 3.57. The van der Waals surface area contributed by atoms with Gasteiger partial charge >= 0.3 is 0 Å². The number of nitrogens with zero attached hydrogens (tertiary/aromatic N) is 2. The minimum absolute atomic E-state index is 0.0690. The SMILES string of the molecule is COc1ccccc1N1C(=O)C(=O)/C(=C(\O)c2ccc(Cl)c(Cl)c2)C1c1ccncc1. The number of anilines is 1. The molecular formula is C23H16Cl2N2O4. The van der Waals surface area contributed by atoms with Crippen LogP contribution >= 0.6 is 23.2 Å². The summed E-state index contributed by atoms with van der Waals surface area (Å²) in [6.45, 7) is 0. The van der Waals surface area contributed by atoms with E-state index in [2.05, 4.69) is 4.98 Å². The van der Waals surface area contributed by atoms with Gasteiger partial charge in [0.2, 0.25) is 0 Å². The van der Waals surface area contributed by atoms with E-state index < -0.39 is 17.7 Å². The fraction of sp³-hybridized carbons (Fsp3) is 0.0870. The molecule has 1 fully saturated rings. The van der Waals surface area contributed by atoms with Crippen LogP contribution in [0.3, 0.4) is 0 Å². The third-order valence-corrected chi connectivity index (χ3v) is 5.74. The molecule has 1 N–H and O–H groups in total. The fourth-order valence-corrected chi connectivity index (χ4v) is 3.87. The zero-order valence-electron chi connectivity index (χ0n) is 16.3. The van der Waals surface area contributed by atoms with Gasteiger partial charge in [0.15, 0.2) is 0 Å². The Morgan fingerprint density at radius 1 is 1.03 bits per heavy atom. The molecule has 4 rings (SSSR count). The predicted molar refractivity (Wildman–Crippen MR) is 118 cm³/mol. The van der Waals surface area contributed by atoms with E-state index in [1.54, 1.807) is 48.8 Å². The maximum atomic E-state index is 13.1. The number of ether oxygens (including phenoxy) is 1. The van der Waals surface area contributed by atoms with Gasteiger partial charge in [-0.1, -0.05) is 35.3 Å². The molecule has 8 heteroatoms. The molecule has 1 saturated heterocycles. The summed E-state index contributed by atoms with van der Waals surface area (Å²) >= 11 is 12.1. The average Bonchev–Trinajstić information content (AvgIpc) is 3.06. The maximum Gasteiger partial charge on any atom is 0.300 e. The van der Waals surface area contributed by atoms with Crippen LogP contribution in [0.25, 0.3) is 5.76 Å². The first-order chi connectivity index (χ1) is 14.9. The molecule has 3 aromatic rings. The lowest BCUT2D eigenvalue weighted by Gasteiger charge is -2.26. The van der Waals surface area contributed by atoms with Crippen LogP contribution in [0.15, 0.2) is 72.6 Å². The van der Waals surface area contributed by atoms with Gasteiger partial charge in [0, 0.05) is 18.0 Å². The van der Waals surface area contributed by atoms with Crippen LogP contribution in [-0.4, -0.2) is 28.9 Å². The van der Waals surface area contributed by atoms with E-state index in [9.17, 15) is 14.7 Å². The lowest BCUT2D eigenvalue weighted by Crippen LogP contribution is -2.29. The van der Waals surface area contributed by atoms with Gasteiger partial charge in [-0.2, -0.15) is 0 Å². The number of halogens is 2. The summed E-state index contributed by atoms with van der Waals surface area (Å²) in [5.41, 5.74) is 1.20. The first-order valence-corrected chi connectivity index (χ1v) is 9.99. The smallest absolute Gasteiger partial charge is 0.300 e. The largest absolute Gasteiger partial charge is 0.507 e. The van der Waals surface area contributed by atoms with Crippen molar-refractivity contribution in [2.45, 2.75) is 6.04 Å². The number of ketones is 1. The van der Waals surface area contributed by atoms with Crippen LogP contribution in [0.5, 0.6) is 5.75 Å². The number of rotatable bonds is 4. The zero-order valence-corrected chi connectivity index (χ0v) is 17.8. The Bertz CT molecular complexity index is 1210. The van der Waals surface area contributed by atoms with E-state index in [1.165, 1.54) is 30.2 Å². The Balaban J connectivity index is 1.97. The third kappa shape index (κ3) is 3.65. The molecular weight excluding hydrogens is 439 g/mol. The molecule has 1 atom stereocenters. The topological polar surface area (TPSA) is 79.7 Å². The summed E-state index contributed by atoms with van der Waals surface area (Å²) < 4.78 is 5.41. The molecule has 1 aliphatic heterocycles. The summed E-state index contributed by atoms with van der Waals surface area (Å²) in [6, 6.07) is 13.8. The second-order valence-electron chi connectivity index (χ2n) is 6.75. The van der Waals surface area contributed by atoms with Crippen LogP contribution in [0.1, 0.15) is 17.2 Å². The number of hydrogen-bond donors (Lipinski definition) is 1. The quantitative estimate of drug-likeness (QED) is 0.340. The Morgan fingerprint density at radius 2 is 1.74 bits per heavy atom. The Kier molecular flexibility index (Phi) is 5.67. The first kappa shape index (κ1) is 20.9. The van der Waals surface area contributed by atoms with Gasteiger partial charge < -0.3 is 9.84 Å². The van der Waals surface area contributed by atoms with Crippen molar-refractivity contribution in [3.8, 4) is 5.75 Å². The summed E-state index contributed by atoms with van der Waals surface area (Å²) in [5.74, 6) is -1.54. The average molecular weight is 455 g/mol. The molecule has 1 unspecified atom stereocenters. The molecule has 1 amide bonds. The number of aliphatic hydroxyl groups is 1. The number of methoxy groups -OCH3 is 1. The Hall–Kier alpha value is -3.35. The third-order valence-electron chi connectivity index (χ3n) is 5.00. The van der Waals surface area contributed by atoms with Crippen LogP contribution < -0.4 is 9.64 Å². The van der Waals surface area contributed by atoms with Gasteiger partial charge in [0.05, 0.1) is 34.5 Å². The van der Waals surface area contributed by atoms with Crippen molar-refractivity contribution < 1.29 is 19.4 Å². The van der Waals surface area contributed by atoms with Crippen molar-refractivity contribution >= 4 is 46.3 Å². The molecule has 2 heterocycles. The van der Waals surface area contributed by atoms with Crippen LogP contribution in [-0.2, 0) is 9.59 Å². The van der Waals surface area contributed by atoms with E-state index in [1.807, 2.05) is 0 Å². The second kappa shape index (κ2) is 8.41. The Labute approximate surface area is 188 Å². The van der Waals surface area contributed by atoms with Crippen molar-refractivity contribution in [1.82, 2.24) is 4.98 Å². The Morgan fingerprint density at radius 3 is 2.42 bits per heavy atom. The van der Waals surface area contributed by atoms with E-state index in [4.69, 9.17) is 27.9 Å². The molecule has 0 aliphatic carbocycles. The van der Waals surface area contributed by atoms with E-state index in [0.29, 0.717) is 22.0 Å². The second-order valence-corrected chi connectivity index (χ2v) is 7.56. The number of pyridine rings is 1. The number of aliphatic hydroxyl groups excluding tert-OH is 1. The van der Waals surface area contributed by atoms with Gasteiger partial charge in [0.1, 0.15) is 11.5 Å². The summed E-state index contributed by atoms with van der Waals surface area (Å²) in [7, 11) is 1.48. The lowest BCUT2D eigenvalue weighted by molar-refractivity contribution is -0.132. The van der Waals surface area contributed by atoms with E-state index in [0.717, 1.165) is 0 Å². The van der Waals surface area contributed by atoms with Gasteiger partial charge in [-0.25, -0.2) is 0 Å². The van der Waals surface area contributed by atoms with Gasteiger partial charge in [-0.05, 0) is 48.0 Å². The van der Waals surface area contributed by atoms with Crippen molar-refractivity contribution in [2.75, 3.05) is 12.0 Å². The number of Topliss-reactive ketones (excluding diaryl/α,β-unsaturated/α-hetero) is 1. The van der Waals surface area contributed by atoms with E-state index in [-0.39, 0.29) is 21.9 Å². The van der Waals surface area contributed by atoms with Crippen LogP contribution in [0.2, 0.25) is 10.0 Å². The minimum Gasteiger partial charge on any atom is -0.507 e. The first-order valence-electron chi connectivity index (χ1n) is 9.23. The summed E-state index contributed by atoms with van der Waals surface area (Å²) in [5, 5.41) is 11.6. The molecule has 1 aromatic heterocycles. The molecule has 0 saturated carbocycles. The van der Waals surface area contributed by atoms with Crippen molar-refractivity contribution in [3.05, 3.63) is 93.7 Å². The van der Waals surface area contributed by atoms with E-state index >= 15 is 0 Å². The maximum absolute atomic E-state index is 13.1.